The summed E-state index contributed by atoms with van der Waals surface area (Å²) in [6.07, 6.45) is 5.62. The molecule has 24 heteroatoms. The molecule has 0 bridgehead atoms. The van der Waals surface area contributed by atoms with Crippen LogP contribution in [0.4, 0.5) is 0 Å². The van der Waals surface area contributed by atoms with Gasteiger partial charge in [0.1, 0.15) is 0 Å². The molecule has 1 aliphatic rings. The highest BCUT2D eigenvalue weighted by atomic mass is 31.3. The highest BCUT2D eigenvalue weighted by molar-refractivity contribution is 7.78. The Morgan fingerprint density at radius 1 is 0.219 bits per heavy atom. The van der Waals surface area contributed by atoms with Crippen LogP contribution < -0.4 is 0 Å². The molecule has 0 fully saturated rings. The second-order valence-corrected chi connectivity index (χ2v) is 27.1. The Labute approximate surface area is 392 Å². The normalized spacial score (nSPS) is 17.1. The number of hydrogen-bond donors (Lipinski definition) is 0. The van der Waals surface area contributed by atoms with E-state index in [-0.39, 0.29) is 0 Å². The molecule has 20 nitrogen and oxygen atoms in total. The molecule has 0 amide bonds. The van der Waals surface area contributed by atoms with Crippen molar-refractivity contribution in [2.75, 3.05) is 218 Å². The molecule has 0 atom stereocenters. The minimum Gasteiger partial charge on any atom is -0.309 e. The third-order valence-corrected chi connectivity index (χ3v) is 20.4. The molecule has 0 saturated heterocycles. The van der Waals surface area contributed by atoms with E-state index in [1.807, 2.05) is 113 Å². The molecule has 1 heterocycles. The highest BCUT2D eigenvalue weighted by Gasteiger charge is 2.44. The molecule has 0 aliphatic carbocycles. The molecule has 384 valence electrons. The van der Waals surface area contributed by atoms with Crippen LogP contribution in [-0.4, -0.2) is 257 Å². The van der Waals surface area contributed by atoms with Gasteiger partial charge in [0.2, 0.25) is 0 Å². The zero-order chi connectivity index (χ0) is 48.1. The van der Waals surface area contributed by atoms with Crippen molar-refractivity contribution < 1.29 is 36.2 Å². The Morgan fingerprint density at radius 3 is 0.422 bits per heavy atom. The Morgan fingerprint density at radius 2 is 0.328 bits per heavy atom. The largest absolute Gasteiger partial charge is 0.349 e. The first-order valence-corrected chi connectivity index (χ1v) is 29.2. The van der Waals surface area contributed by atoms with Crippen molar-refractivity contribution in [2.24, 2.45) is 18.1 Å². The van der Waals surface area contributed by atoms with Gasteiger partial charge in [-0.25, -0.2) is 0 Å². The first-order chi connectivity index (χ1) is 30.2. The predicted octanol–water partition coefficient (Wildman–Crippen LogP) is 7.53. The molecular formula is C40H96N12O8P4. The van der Waals surface area contributed by atoms with Crippen LogP contribution in [0.25, 0.3) is 0 Å². The van der Waals surface area contributed by atoms with E-state index in [2.05, 4.69) is 39.2 Å². The molecule has 0 aromatic heterocycles. The lowest BCUT2D eigenvalue weighted by atomic mass is 10.4. The summed E-state index contributed by atoms with van der Waals surface area (Å²) in [4.78, 5) is 17.0. The molecule has 0 N–H and O–H groups in total. The van der Waals surface area contributed by atoms with E-state index in [1.54, 1.807) is 0 Å². The third-order valence-electron chi connectivity index (χ3n) is 8.98. The van der Waals surface area contributed by atoms with Gasteiger partial charge in [-0.15, -0.1) is 18.1 Å². The summed E-state index contributed by atoms with van der Waals surface area (Å²) in [6, 6.07) is 0. The topological polar surface area (TPSA) is 149 Å². The van der Waals surface area contributed by atoms with E-state index in [1.165, 1.54) is 0 Å². The summed E-state index contributed by atoms with van der Waals surface area (Å²) in [6.45, 7) is 8.73. The van der Waals surface area contributed by atoms with Crippen LogP contribution in [0.2, 0.25) is 0 Å². The summed E-state index contributed by atoms with van der Waals surface area (Å²) in [5, 5.41) is 0. The van der Waals surface area contributed by atoms with E-state index in [4.69, 9.17) is 54.3 Å². The van der Waals surface area contributed by atoms with Gasteiger partial charge >= 0.3 is 30.6 Å². The van der Waals surface area contributed by atoms with Crippen molar-refractivity contribution in [3.05, 3.63) is 0 Å². The molecule has 0 saturated carbocycles. The van der Waals surface area contributed by atoms with Crippen LogP contribution in [0.5, 0.6) is 0 Å². The minimum absolute atomic E-state index is 0.303. The maximum absolute atomic E-state index is 6.99. The summed E-state index contributed by atoms with van der Waals surface area (Å²) in [5.41, 5.74) is 0. The molecule has 64 heavy (non-hydrogen) atoms. The molecule has 0 spiro atoms. The van der Waals surface area contributed by atoms with Crippen molar-refractivity contribution in [3.8, 4) is 0 Å². The Hall–Kier alpha value is 0.280. The zero-order valence-electron chi connectivity index (χ0n) is 43.4. The Kier molecular flexibility index (Phi) is 33.6. The van der Waals surface area contributed by atoms with Gasteiger partial charge in [0, 0.05) is 0 Å². The fourth-order valence-electron chi connectivity index (χ4n) is 5.72. The fraction of sp³-hybridized carbons (Fsp3) is 1.00. The maximum atomic E-state index is 6.99. The summed E-state index contributed by atoms with van der Waals surface area (Å²) in [5.74, 6) is 0. The predicted molar refractivity (Wildman–Crippen MR) is 270 cm³/mol. The van der Waals surface area contributed by atoms with Gasteiger partial charge in [-0.05, 0) is 216 Å². The van der Waals surface area contributed by atoms with Gasteiger partial charge in [0.05, 0.1) is 52.9 Å². The van der Waals surface area contributed by atoms with Crippen LogP contribution >= 0.6 is 30.6 Å². The Balaban J connectivity index is 4.64. The van der Waals surface area contributed by atoms with Gasteiger partial charge in [0.25, 0.3) is 0 Å². The van der Waals surface area contributed by atoms with Gasteiger partial charge in [-0.3, -0.25) is 0 Å². The van der Waals surface area contributed by atoms with Crippen molar-refractivity contribution in [1.29, 1.82) is 0 Å². The number of rotatable bonds is 40. The summed E-state index contributed by atoms with van der Waals surface area (Å²) < 4.78 is 78.2. The zero-order valence-corrected chi connectivity index (χ0v) is 47.0. The van der Waals surface area contributed by atoms with Crippen LogP contribution in [0, 0.1) is 0 Å². The summed E-state index contributed by atoms with van der Waals surface area (Å²) >= 11 is 0. The molecule has 1 rings (SSSR count). The monoisotopic (exact) mass is 997 g/mol. The lowest BCUT2D eigenvalue weighted by molar-refractivity contribution is 0.199. The molecule has 0 radical (unpaired) electrons. The van der Waals surface area contributed by atoms with Crippen LogP contribution in [0.3, 0.4) is 0 Å². The van der Waals surface area contributed by atoms with Crippen molar-refractivity contribution in [1.82, 2.24) is 39.2 Å². The van der Waals surface area contributed by atoms with Crippen LogP contribution in [0.1, 0.15) is 51.4 Å². The van der Waals surface area contributed by atoms with Crippen molar-refractivity contribution in [2.45, 2.75) is 51.4 Å². The van der Waals surface area contributed by atoms with E-state index < -0.39 is 30.6 Å². The van der Waals surface area contributed by atoms with Gasteiger partial charge < -0.3 is 75.4 Å². The van der Waals surface area contributed by atoms with E-state index in [0.717, 1.165) is 52.4 Å². The maximum Gasteiger partial charge on any atom is 0.349 e. The number of nitrogens with zero attached hydrogens (tertiary/aromatic N) is 12. The standard InChI is InChI=1S/C40H96N12O8P4/c1-45(2)25-17-33-53-61(54-34-18-26-46(3)4)41-62(55-35-19-27-47(5)6,56-36-20-28-48(7)8)43-64(59-39-23-31-51(13)14,60-40-24-32-52(15)16)44-63(42-61,57-37-21-29-49(9)10)58-38-22-30-50(11)12/h17-40H2,1-16H3. The van der Waals surface area contributed by atoms with Gasteiger partial charge in [-0.2, -0.15) is 0 Å². The van der Waals surface area contributed by atoms with Crippen LogP contribution in [-0.2, 0) is 36.2 Å². The quantitative estimate of drug-likeness (QED) is 0.0439. The number of hydrogen-bond acceptors (Lipinski definition) is 20. The molecule has 0 unspecified atom stereocenters. The van der Waals surface area contributed by atoms with Crippen molar-refractivity contribution >= 4 is 30.6 Å². The second-order valence-electron chi connectivity index (χ2n) is 18.2. The van der Waals surface area contributed by atoms with Gasteiger partial charge in [-0.1, -0.05) is 0 Å². The van der Waals surface area contributed by atoms with E-state index in [9.17, 15) is 0 Å². The smallest absolute Gasteiger partial charge is 0.309 e. The molecule has 1 aliphatic heterocycles. The molecule has 0 aromatic rings. The fourth-order valence-corrected chi connectivity index (χ4v) is 18.7. The van der Waals surface area contributed by atoms with E-state index >= 15 is 0 Å². The SMILES string of the molecule is CN(C)CCCOP1(OCCCN(C)C)=NP(OCCCN(C)C)(OCCCN(C)C)=NP(OCCCN(C)C)(OCCCN(C)C)=NP(OCCCN(C)C)(OCCCN(C)C)=N1. The molecule has 0 aromatic carbocycles. The van der Waals surface area contributed by atoms with Gasteiger partial charge in [0.15, 0.2) is 0 Å². The van der Waals surface area contributed by atoms with Crippen molar-refractivity contribution in [3.63, 3.8) is 0 Å². The molecular weight excluding hydrogens is 900 g/mol. The van der Waals surface area contributed by atoms with Crippen LogP contribution in [0.15, 0.2) is 18.1 Å². The first kappa shape index (κ1) is 62.3. The minimum atomic E-state index is -3.77. The first-order valence-electron chi connectivity index (χ1n) is 23.1. The average Bonchev–Trinajstić information content (AvgIpc) is 3.18. The van der Waals surface area contributed by atoms with E-state index in [0.29, 0.717) is 104 Å². The second kappa shape index (κ2) is 34.6. The highest BCUT2D eigenvalue weighted by Crippen LogP contribution is 2.81. The Bertz CT molecular complexity index is 1130. The summed E-state index contributed by atoms with van der Waals surface area (Å²) in [7, 11) is 17.7. The lowest BCUT2D eigenvalue weighted by Gasteiger charge is -2.34. The average molecular weight is 997 g/mol. The third kappa shape index (κ3) is 30.0. The lowest BCUT2D eigenvalue weighted by Crippen LogP contribution is -2.17.